The molecule has 4 N–H and O–H groups in total. The molecule has 0 saturated carbocycles. The molecule has 1 heterocycles. The summed E-state index contributed by atoms with van der Waals surface area (Å²) in [7, 11) is 0. The molecule has 0 aliphatic carbocycles. The van der Waals surface area contributed by atoms with Gasteiger partial charge in [0.25, 0.3) is 5.91 Å². The summed E-state index contributed by atoms with van der Waals surface area (Å²) >= 11 is 1.30. The van der Waals surface area contributed by atoms with Crippen molar-refractivity contribution in [2.24, 2.45) is 11.7 Å². The fraction of sp³-hybridized carbons (Fsp3) is 0.500. The molecule has 8 heteroatoms. The summed E-state index contributed by atoms with van der Waals surface area (Å²) in [6.45, 7) is 3.95. The van der Waals surface area contributed by atoms with Crippen LogP contribution in [0.1, 0.15) is 19.8 Å². The van der Waals surface area contributed by atoms with Crippen molar-refractivity contribution in [1.29, 1.82) is 0 Å². The van der Waals surface area contributed by atoms with Gasteiger partial charge in [0.05, 0.1) is 31.1 Å². The average molecular weight is 380 g/mol. The molecule has 0 radical (unpaired) electrons. The fourth-order valence-corrected chi connectivity index (χ4v) is 3.79. The molecule has 26 heavy (non-hydrogen) atoms. The lowest BCUT2D eigenvalue weighted by molar-refractivity contribution is -0.899. The van der Waals surface area contributed by atoms with E-state index < -0.39 is 5.91 Å². The molecular weight excluding hydrogens is 354 g/mol. The standard InChI is InChI=1S/C18H25N3O4S/c1-2-25-18(24)13-6-5-9-21(10-13)11-17(23)20-14-7-3-4-8-15(14)26-12-16(19)22/h3-4,7-8,13H,2,5-6,9-12H2,1H3,(H2,19,22)(H,20,23)/p+1/t13-/m0/s1. The first-order valence-corrected chi connectivity index (χ1v) is 9.78. The van der Waals surface area contributed by atoms with Crippen LogP contribution >= 0.6 is 11.8 Å². The number of rotatable bonds is 8. The number of amides is 2. The number of thioether (sulfide) groups is 1. The summed E-state index contributed by atoms with van der Waals surface area (Å²) in [4.78, 5) is 37.2. The summed E-state index contributed by atoms with van der Waals surface area (Å²) in [5.74, 6) is -0.662. The van der Waals surface area contributed by atoms with Gasteiger partial charge in [0.2, 0.25) is 5.91 Å². The number of quaternary nitrogens is 1. The Morgan fingerprint density at radius 1 is 1.35 bits per heavy atom. The number of piperidine rings is 1. The Hall–Kier alpha value is -2.06. The highest BCUT2D eigenvalue weighted by Crippen LogP contribution is 2.26. The van der Waals surface area contributed by atoms with Crippen molar-refractivity contribution in [2.45, 2.75) is 24.7 Å². The van der Waals surface area contributed by atoms with Crippen LogP contribution in [0.25, 0.3) is 0 Å². The van der Waals surface area contributed by atoms with E-state index in [0.29, 0.717) is 25.4 Å². The van der Waals surface area contributed by atoms with Crippen LogP contribution < -0.4 is 16.0 Å². The van der Waals surface area contributed by atoms with E-state index in [2.05, 4.69) is 5.32 Å². The maximum absolute atomic E-state index is 12.4. The summed E-state index contributed by atoms with van der Waals surface area (Å²) in [6.07, 6.45) is 1.72. The summed E-state index contributed by atoms with van der Waals surface area (Å²) in [5, 5.41) is 2.90. The van der Waals surface area contributed by atoms with E-state index in [1.165, 1.54) is 11.8 Å². The molecule has 142 valence electrons. The normalized spacial score (nSPS) is 19.6. The van der Waals surface area contributed by atoms with Gasteiger partial charge >= 0.3 is 5.97 Å². The number of para-hydroxylation sites is 1. The number of primary amides is 1. The third kappa shape index (κ3) is 6.34. The quantitative estimate of drug-likeness (QED) is 0.437. The van der Waals surface area contributed by atoms with Crippen LogP contribution in [0.5, 0.6) is 0 Å². The van der Waals surface area contributed by atoms with E-state index >= 15 is 0 Å². The number of anilines is 1. The number of likely N-dealkylation sites (tertiary alicyclic amines) is 1. The highest BCUT2D eigenvalue weighted by atomic mass is 32.2. The van der Waals surface area contributed by atoms with Crippen molar-refractivity contribution in [3.8, 4) is 0 Å². The number of hydrogen-bond acceptors (Lipinski definition) is 5. The molecule has 1 aliphatic heterocycles. The average Bonchev–Trinajstić information content (AvgIpc) is 2.61. The smallest absolute Gasteiger partial charge is 0.314 e. The van der Waals surface area contributed by atoms with Crippen molar-refractivity contribution in [2.75, 3.05) is 37.3 Å². The lowest BCUT2D eigenvalue weighted by Crippen LogP contribution is -3.14. The number of benzene rings is 1. The Balaban J connectivity index is 1.90. The number of nitrogens with two attached hydrogens (primary N) is 1. The minimum atomic E-state index is -0.404. The maximum Gasteiger partial charge on any atom is 0.314 e. The third-order valence-electron chi connectivity index (χ3n) is 4.18. The second kappa shape index (κ2) is 10.2. The van der Waals surface area contributed by atoms with E-state index in [0.717, 1.165) is 29.2 Å². The molecule has 2 atom stereocenters. The van der Waals surface area contributed by atoms with Gasteiger partial charge in [-0.05, 0) is 31.9 Å². The number of carbonyl (C=O) groups is 3. The zero-order valence-electron chi connectivity index (χ0n) is 15.0. The van der Waals surface area contributed by atoms with Crippen LogP contribution in [-0.2, 0) is 19.1 Å². The van der Waals surface area contributed by atoms with Gasteiger partial charge in [0, 0.05) is 4.90 Å². The topological polar surface area (TPSA) is 103 Å². The fourth-order valence-electron chi connectivity index (χ4n) is 3.04. The minimum absolute atomic E-state index is 0.114. The van der Waals surface area contributed by atoms with Gasteiger partial charge in [-0.1, -0.05) is 12.1 Å². The van der Waals surface area contributed by atoms with Crippen molar-refractivity contribution in [1.82, 2.24) is 0 Å². The monoisotopic (exact) mass is 380 g/mol. The molecule has 1 aliphatic rings. The molecule has 1 saturated heterocycles. The van der Waals surface area contributed by atoms with Crippen LogP contribution in [0.15, 0.2) is 29.2 Å². The molecule has 1 fully saturated rings. The largest absolute Gasteiger partial charge is 0.466 e. The van der Waals surface area contributed by atoms with Crippen LogP contribution in [0.3, 0.4) is 0 Å². The lowest BCUT2D eigenvalue weighted by atomic mass is 9.98. The summed E-state index contributed by atoms with van der Waals surface area (Å²) in [6, 6.07) is 7.31. The van der Waals surface area contributed by atoms with Gasteiger partial charge < -0.3 is 20.7 Å². The lowest BCUT2D eigenvalue weighted by Gasteiger charge is -2.28. The van der Waals surface area contributed by atoms with Gasteiger partial charge in [0.1, 0.15) is 5.92 Å². The van der Waals surface area contributed by atoms with Crippen LogP contribution in [-0.4, -0.2) is 49.8 Å². The van der Waals surface area contributed by atoms with Gasteiger partial charge in [-0.25, -0.2) is 0 Å². The number of hydrogen-bond donors (Lipinski definition) is 3. The molecule has 2 amide bonds. The van der Waals surface area contributed by atoms with Crippen molar-refractivity contribution >= 4 is 35.2 Å². The summed E-state index contributed by atoms with van der Waals surface area (Å²) in [5.41, 5.74) is 5.85. The second-order valence-electron chi connectivity index (χ2n) is 6.27. The van der Waals surface area contributed by atoms with E-state index in [4.69, 9.17) is 10.5 Å². The van der Waals surface area contributed by atoms with Gasteiger partial charge in [-0.3, -0.25) is 14.4 Å². The van der Waals surface area contributed by atoms with Gasteiger partial charge in [-0.2, -0.15) is 0 Å². The zero-order valence-corrected chi connectivity index (χ0v) is 15.8. The van der Waals surface area contributed by atoms with E-state index in [9.17, 15) is 14.4 Å². The van der Waals surface area contributed by atoms with E-state index in [1.807, 2.05) is 18.2 Å². The first kappa shape index (κ1) is 20.3. The third-order valence-corrected chi connectivity index (χ3v) is 5.28. The van der Waals surface area contributed by atoms with Gasteiger partial charge in [-0.15, -0.1) is 11.8 Å². The summed E-state index contributed by atoms with van der Waals surface area (Å²) < 4.78 is 5.10. The highest BCUT2D eigenvalue weighted by Gasteiger charge is 2.30. The zero-order chi connectivity index (χ0) is 18.9. The van der Waals surface area contributed by atoms with Gasteiger partial charge in [0.15, 0.2) is 6.54 Å². The Labute approximate surface area is 157 Å². The van der Waals surface area contributed by atoms with E-state index in [1.54, 1.807) is 13.0 Å². The Morgan fingerprint density at radius 2 is 2.12 bits per heavy atom. The number of nitrogens with one attached hydrogen (secondary N) is 2. The molecule has 1 aromatic carbocycles. The van der Waals surface area contributed by atoms with Crippen molar-refractivity contribution in [3.05, 3.63) is 24.3 Å². The molecule has 7 nitrogen and oxygen atoms in total. The Kier molecular flexibility index (Phi) is 7.93. The molecule has 2 rings (SSSR count). The molecule has 1 unspecified atom stereocenters. The van der Waals surface area contributed by atoms with Crippen molar-refractivity contribution < 1.29 is 24.0 Å². The maximum atomic E-state index is 12.4. The Bertz CT molecular complexity index is 653. The van der Waals surface area contributed by atoms with Crippen LogP contribution in [0.4, 0.5) is 5.69 Å². The molecule has 1 aromatic rings. The second-order valence-corrected chi connectivity index (χ2v) is 7.29. The first-order chi connectivity index (χ1) is 12.5. The predicted molar refractivity (Wildman–Crippen MR) is 99.9 cm³/mol. The van der Waals surface area contributed by atoms with Crippen LogP contribution in [0.2, 0.25) is 0 Å². The Morgan fingerprint density at radius 3 is 2.85 bits per heavy atom. The SMILES string of the molecule is CCOC(=O)[C@H]1CCC[NH+](CC(=O)Nc2ccccc2SCC(N)=O)C1. The molecule has 0 spiro atoms. The molecule has 0 bridgehead atoms. The highest BCUT2D eigenvalue weighted by molar-refractivity contribution is 8.00. The van der Waals surface area contributed by atoms with Crippen LogP contribution in [0, 0.1) is 5.92 Å². The first-order valence-electron chi connectivity index (χ1n) is 8.79. The number of esters is 1. The predicted octanol–water partition coefficient (Wildman–Crippen LogP) is 0.0605. The van der Waals surface area contributed by atoms with E-state index in [-0.39, 0.29) is 23.5 Å². The molecule has 0 aromatic heterocycles. The minimum Gasteiger partial charge on any atom is -0.466 e. The number of carbonyl (C=O) groups excluding carboxylic acids is 3. The van der Waals surface area contributed by atoms with Crippen molar-refractivity contribution in [3.63, 3.8) is 0 Å². The molecular formula is C18H26N3O4S+. The number of ether oxygens (including phenoxy) is 1.